The summed E-state index contributed by atoms with van der Waals surface area (Å²) in [5.41, 5.74) is 1.75. The van der Waals surface area contributed by atoms with Gasteiger partial charge in [-0.15, -0.1) is 0 Å². The van der Waals surface area contributed by atoms with E-state index in [0.717, 1.165) is 11.1 Å². The number of esters is 1. The third-order valence-corrected chi connectivity index (χ3v) is 2.82. The second-order valence-corrected chi connectivity index (χ2v) is 6.83. The Morgan fingerprint density at radius 1 is 1.14 bits per heavy atom. The molecule has 0 fully saturated rings. The third-order valence-electron chi connectivity index (χ3n) is 2.50. The van der Waals surface area contributed by atoms with E-state index in [1.165, 1.54) is 0 Å². The molecule has 1 aromatic rings. The Morgan fingerprint density at radius 3 is 2.14 bits per heavy atom. The van der Waals surface area contributed by atoms with Gasteiger partial charge in [-0.3, -0.25) is 4.79 Å². The highest BCUT2D eigenvalue weighted by molar-refractivity contribution is 9.10. The molecule has 1 aromatic carbocycles. The fourth-order valence-corrected chi connectivity index (χ4v) is 1.45. The highest BCUT2D eigenvalue weighted by Crippen LogP contribution is 2.18. The lowest BCUT2D eigenvalue weighted by Gasteiger charge is -2.14. The molecule has 0 heterocycles. The minimum absolute atomic E-state index is 0.198. The van der Waals surface area contributed by atoms with Gasteiger partial charge in [-0.1, -0.05) is 40.2 Å². The SMILES string of the molecule is CC(C)(Br)C(=O)OCc1ccc(COCC(=O)ON)cc1. The average molecular weight is 360 g/mol. The second kappa shape index (κ2) is 8.11. The zero-order chi connectivity index (χ0) is 15.9. The van der Waals surface area contributed by atoms with Crippen molar-refractivity contribution >= 4 is 27.9 Å². The van der Waals surface area contributed by atoms with Gasteiger partial charge < -0.3 is 14.3 Å². The van der Waals surface area contributed by atoms with Crippen LogP contribution in [0.3, 0.4) is 0 Å². The third kappa shape index (κ3) is 6.70. The number of alkyl halides is 1. The largest absolute Gasteiger partial charge is 0.460 e. The van der Waals surface area contributed by atoms with Crippen LogP contribution in [0.1, 0.15) is 25.0 Å². The molecule has 0 saturated carbocycles. The van der Waals surface area contributed by atoms with Crippen molar-refractivity contribution in [2.75, 3.05) is 6.61 Å². The van der Waals surface area contributed by atoms with E-state index < -0.39 is 10.3 Å². The molecule has 0 aromatic heterocycles. The quantitative estimate of drug-likeness (QED) is 0.454. The zero-order valence-corrected chi connectivity index (χ0v) is 13.5. The Morgan fingerprint density at radius 2 is 1.67 bits per heavy atom. The van der Waals surface area contributed by atoms with E-state index in [0.29, 0.717) is 0 Å². The van der Waals surface area contributed by atoms with E-state index in [-0.39, 0.29) is 25.8 Å². The van der Waals surface area contributed by atoms with Crippen LogP contribution in [0.25, 0.3) is 0 Å². The molecule has 116 valence electrons. The summed E-state index contributed by atoms with van der Waals surface area (Å²) in [4.78, 5) is 26.3. The number of ether oxygens (including phenoxy) is 2. The van der Waals surface area contributed by atoms with Crippen LogP contribution < -0.4 is 5.90 Å². The predicted molar refractivity (Wildman–Crippen MR) is 79.2 cm³/mol. The number of rotatable bonds is 7. The Balaban J connectivity index is 2.40. The summed E-state index contributed by atoms with van der Waals surface area (Å²) in [5, 5.41) is 0. The molecule has 0 radical (unpaired) electrons. The van der Waals surface area contributed by atoms with Crippen LogP contribution in [0.4, 0.5) is 0 Å². The summed E-state index contributed by atoms with van der Waals surface area (Å²) in [6.45, 7) is 3.72. The van der Waals surface area contributed by atoms with Crippen molar-refractivity contribution in [2.24, 2.45) is 5.90 Å². The summed E-state index contributed by atoms with van der Waals surface area (Å²) in [7, 11) is 0. The molecule has 21 heavy (non-hydrogen) atoms. The van der Waals surface area contributed by atoms with Gasteiger partial charge in [0.05, 0.1) is 6.61 Å². The van der Waals surface area contributed by atoms with Crippen LogP contribution in [0.15, 0.2) is 24.3 Å². The van der Waals surface area contributed by atoms with Crippen molar-refractivity contribution in [3.63, 3.8) is 0 Å². The van der Waals surface area contributed by atoms with Gasteiger partial charge in [0.1, 0.15) is 17.5 Å². The monoisotopic (exact) mass is 359 g/mol. The summed E-state index contributed by atoms with van der Waals surface area (Å²) in [6, 6.07) is 7.31. The normalized spacial score (nSPS) is 11.0. The molecule has 0 aliphatic rings. The van der Waals surface area contributed by atoms with E-state index in [4.69, 9.17) is 9.47 Å². The van der Waals surface area contributed by atoms with Gasteiger partial charge in [0.2, 0.25) is 0 Å². The van der Waals surface area contributed by atoms with Gasteiger partial charge >= 0.3 is 11.9 Å². The Labute approximate surface area is 131 Å². The number of halogens is 1. The number of carbonyl (C=O) groups is 2. The maximum Gasteiger partial charge on any atom is 0.350 e. The number of benzene rings is 1. The maximum absolute atomic E-state index is 11.6. The van der Waals surface area contributed by atoms with Crippen molar-refractivity contribution in [1.82, 2.24) is 0 Å². The highest BCUT2D eigenvalue weighted by Gasteiger charge is 2.25. The molecule has 0 saturated heterocycles. The summed E-state index contributed by atoms with van der Waals surface area (Å²) in [6.07, 6.45) is 0. The molecule has 1 rings (SSSR count). The summed E-state index contributed by atoms with van der Waals surface area (Å²) < 4.78 is 9.58. The van der Waals surface area contributed by atoms with Crippen LogP contribution in [0.5, 0.6) is 0 Å². The van der Waals surface area contributed by atoms with E-state index in [2.05, 4.69) is 26.7 Å². The van der Waals surface area contributed by atoms with Gasteiger partial charge in [-0.2, -0.15) is 5.90 Å². The van der Waals surface area contributed by atoms with Crippen LogP contribution in [0.2, 0.25) is 0 Å². The van der Waals surface area contributed by atoms with Gasteiger partial charge in [0.25, 0.3) is 0 Å². The van der Waals surface area contributed by atoms with Crippen molar-refractivity contribution < 1.29 is 23.9 Å². The molecular formula is C14H18BrNO5. The van der Waals surface area contributed by atoms with Crippen LogP contribution in [-0.2, 0) is 37.1 Å². The standard InChI is InChI=1S/C14H18BrNO5/c1-14(2,15)13(18)20-8-11-5-3-10(4-6-11)7-19-9-12(17)21-16/h3-6H,7-9,16H2,1-2H3. The smallest absolute Gasteiger partial charge is 0.350 e. The van der Waals surface area contributed by atoms with E-state index in [9.17, 15) is 9.59 Å². The van der Waals surface area contributed by atoms with Crippen molar-refractivity contribution in [1.29, 1.82) is 0 Å². The van der Waals surface area contributed by atoms with Gasteiger partial charge in [-0.25, -0.2) is 4.79 Å². The molecule has 0 spiro atoms. The number of hydrogen-bond donors (Lipinski definition) is 1. The van der Waals surface area contributed by atoms with Crippen molar-refractivity contribution in [2.45, 2.75) is 31.4 Å². The molecule has 0 aliphatic carbocycles. The maximum atomic E-state index is 11.6. The molecule has 6 nitrogen and oxygen atoms in total. The van der Waals surface area contributed by atoms with E-state index >= 15 is 0 Å². The number of hydrogen-bond acceptors (Lipinski definition) is 6. The number of carbonyl (C=O) groups excluding carboxylic acids is 2. The highest BCUT2D eigenvalue weighted by atomic mass is 79.9. The minimum atomic E-state index is -0.696. The van der Waals surface area contributed by atoms with Crippen molar-refractivity contribution in [3.05, 3.63) is 35.4 Å². The molecule has 0 aliphatic heterocycles. The van der Waals surface area contributed by atoms with Crippen LogP contribution >= 0.6 is 15.9 Å². The molecule has 0 bridgehead atoms. The average Bonchev–Trinajstić information content (AvgIpc) is 2.44. The summed E-state index contributed by atoms with van der Waals surface area (Å²) >= 11 is 3.24. The first-order valence-electron chi connectivity index (χ1n) is 6.24. The van der Waals surface area contributed by atoms with E-state index in [1.54, 1.807) is 13.8 Å². The fourth-order valence-electron chi connectivity index (χ4n) is 1.34. The number of nitrogens with two attached hydrogens (primary N) is 1. The zero-order valence-electron chi connectivity index (χ0n) is 11.9. The van der Waals surface area contributed by atoms with E-state index in [1.807, 2.05) is 24.3 Å². The Bertz CT molecular complexity index is 481. The lowest BCUT2D eigenvalue weighted by Crippen LogP contribution is -2.26. The molecule has 0 atom stereocenters. The predicted octanol–water partition coefficient (Wildman–Crippen LogP) is 1.84. The van der Waals surface area contributed by atoms with Crippen LogP contribution in [0, 0.1) is 0 Å². The molecule has 0 amide bonds. The van der Waals surface area contributed by atoms with Crippen LogP contribution in [-0.4, -0.2) is 22.9 Å². The Kier molecular flexibility index (Phi) is 6.80. The second-order valence-electron chi connectivity index (χ2n) is 4.85. The lowest BCUT2D eigenvalue weighted by molar-refractivity contribution is -0.150. The summed E-state index contributed by atoms with van der Waals surface area (Å²) in [5.74, 6) is 3.73. The van der Waals surface area contributed by atoms with Gasteiger partial charge in [0.15, 0.2) is 0 Å². The topological polar surface area (TPSA) is 87.8 Å². The van der Waals surface area contributed by atoms with Crippen molar-refractivity contribution in [3.8, 4) is 0 Å². The molecule has 2 N–H and O–H groups in total. The minimum Gasteiger partial charge on any atom is -0.460 e. The Hall–Kier alpha value is -1.44. The molecule has 0 unspecified atom stereocenters. The first kappa shape index (κ1) is 17.6. The van der Waals surface area contributed by atoms with Gasteiger partial charge in [-0.05, 0) is 25.0 Å². The van der Waals surface area contributed by atoms with Gasteiger partial charge in [0, 0.05) is 0 Å². The lowest BCUT2D eigenvalue weighted by atomic mass is 10.1. The first-order valence-corrected chi connectivity index (χ1v) is 7.03. The molecule has 7 heteroatoms. The first-order chi connectivity index (χ1) is 9.82. The molecular weight excluding hydrogens is 342 g/mol. The fraction of sp³-hybridized carbons (Fsp3) is 0.429.